The molecule has 4 heteroatoms. The lowest BCUT2D eigenvalue weighted by molar-refractivity contribution is 0.224. The maximum Gasteiger partial charge on any atom is 0.115 e. The number of rotatable bonds is 2. The molecule has 1 aromatic heterocycles. The van der Waals surface area contributed by atoms with E-state index >= 15 is 0 Å². The third-order valence-corrected chi connectivity index (χ3v) is 2.82. The molecule has 2 aromatic rings. The number of fused-ring (bicyclic) bond motifs is 1. The van der Waals surface area contributed by atoms with E-state index in [1.54, 1.807) is 6.20 Å². The van der Waals surface area contributed by atoms with Crippen LogP contribution >= 0.6 is 0 Å². The minimum atomic E-state index is -0.311. The summed E-state index contributed by atoms with van der Waals surface area (Å²) in [5, 5.41) is 0. The van der Waals surface area contributed by atoms with E-state index in [-0.39, 0.29) is 6.04 Å². The van der Waals surface area contributed by atoms with Gasteiger partial charge in [-0.15, -0.1) is 0 Å². The molecule has 0 amide bonds. The second-order valence-electron chi connectivity index (χ2n) is 4.00. The molecule has 1 unspecified atom stereocenters. The summed E-state index contributed by atoms with van der Waals surface area (Å²) in [7, 11) is 0. The fourth-order valence-corrected chi connectivity index (χ4v) is 1.92. The van der Waals surface area contributed by atoms with Gasteiger partial charge in [-0.2, -0.15) is 0 Å². The summed E-state index contributed by atoms with van der Waals surface area (Å²) in [6.07, 6.45) is 4.65. The Balaban J connectivity index is 2.00. The highest BCUT2D eigenvalue weighted by atomic mass is 16.5. The van der Waals surface area contributed by atoms with Crippen molar-refractivity contribution in [2.24, 2.45) is 5.73 Å². The number of nitrogens with two attached hydrogens (primary N) is 1. The van der Waals surface area contributed by atoms with Gasteiger partial charge in [0.25, 0.3) is 0 Å². The van der Waals surface area contributed by atoms with Crippen molar-refractivity contribution in [1.29, 1.82) is 0 Å². The van der Waals surface area contributed by atoms with Gasteiger partial charge >= 0.3 is 0 Å². The maximum atomic E-state index is 6.10. The van der Waals surface area contributed by atoms with E-state index in [1.165, 1.54) is 0 Å². The Hall–Kier alpha value is -1.94. The third kappa shape index (κ3) is 1.87. The summed E-state index contributed by atoms with van der Waals surface area (Å²) in [5.74, 6) is 0.801. The minimum Gasteiger partial charge on any atom is -0.496 e. The van der Waals surface area contributed by atoms with E-state index in [0.717, 1.165) is 28.9 Å². The van der Waals surface area contributed by atoms with Crippen LogP contribution in [0.4, 0.5) is 0 Å². The summed E-state index contributed by atoms with van der Waals surface area (Å²) >= 11 is 0. The van der Waals surface area contributed by atoms with Crippen molar-refractivity contribution in [1.82, 2.24) is 9.97 Å². The van der Waals surface area contributed by atoms with Gasteiger partial charge < -0.3 is 10.5 Å². The predicted octanol–water partition coefficient (Wildman–Crippen LogP) is 1.93. The molecule has 1 aliphatic rings. The van der Waals surface area contributed by atoms with Crippen LogP contribution in [0.5, 0.6) is 0 Å². The average molecular weight is 227 g/mol. The van der Waals surface area contributed by atoms with Crippen LogP contribution < -0.4 is 5.73 Å². The molecule has 0 saturated carbocycles. The summed E-state index contributed by atoms with van der Waals surface area (Å²) in [6, 6.07) is 7.44. The lowest BCUT2D eigenvalue weighted by atomic mass is 10.1. The molecule has 1 atom stereocenters. The molecule has 0 aliphatic carbocycles. The fourth-order valence-electron chi connectivity index (χ4n) is 1.92. The first-order valence-electron chi connectivity index (χ1n) is 5.65. The molecule has 3 rings (SSSR count). The Morgan fingerprint density at radius 1 is 1.24 bits per heavy atom. The lowest BCUT2D eigenvalue weighted by Gasteiger charge is -2.12. The zero-order valence-corrected chi connectivity index (χ0v) is 9.34. The van der Waals surface area contributed by atoms with Crippen molar-refractivity contribution >= 4 is 11.0 Å². The van der Waals surface area contributed by atoms with Gasteiger partial charge in [-0.1, -0.05) is 12.1 Å². The standard InChI is InChI=1S/C13H13N3O/c14-13(12-6-3-7-17-12)11-8-15-9-4-1-2-5-10(9)16-11/h1-2,4-6,8,13H,3,7,14H2. The van der Waals surface area contributed by atoms with Crippen molar-refractivity contribution in [3.63, 3.8) is 0 Å². The van der Waals surface area contributed by atoms with Gasteiger partial charge in [-0.05, 0) is 18.2 Å². The Morgan fingerprint density at radius 3 is 2.82 bits per heavy atom. The molecule has 4 nitrogen and oxygen atoms in total. The topological polar surface area (TPSA) is 61.0 Å². The lowest BCUT2D eigenvalue weighted by Crippen LogP contribution is -2.15. The number of hydrogen-bond donors (Lipinski definition) is 1. The monoisotopic (exact) mass is 227 g/mol. The maximum absolute atomic E-state index is 6.10. The van der Waals surface area contributed by atoms with Gasteiger partial charge in [0.1, 0.15) is 11.8 Å². The van der Waals surface area contributed by atoms with E-state index in [0.29, 0.717) is 6.61 Å². The van der Waals surface area contributed by atoms with Crippen molar-refractivity contribution in [2.75, 3.05) is 6.61 Å². The Bertz CT molecular complexity index is 580. The number of benzene rings is 1. The Labute approximate surface area is 99.1 Å². The first kappa shape index (κ1) is 10.2. The van der Waals surface area contributed by atoms with Crippen LogP contribution in [0.3, 0.4) is 0 Å². The van der Waals surface area contributed by atoms with Gasteiger partial charge in [0.05, 0.1) is 29.5 Å². The molecule has 1 aromatic carbocycles. The summed E-state index contributed by atoms with van der Waals surface area (Å²) in [4.78, 5) is 8.86. The highest BCUT2D eigenvalue weighted by Crippen LogP contribution is 2.23. The molecule has 0 saturated heterocycles. The number of aromatic nitrogens is 2. The molecule has 2 N–H and O–H groups in total. The fraction of sp³-hybridized carbons (Fsp3) is 0.231. The van der Waals surface area contributed by atoms with E-state index in [9.17, 15) is 0 Å². The molecule has 0 radical (unpaired) electrons. The van der Waals surface area contributed by atoms with Crippen molar-refractivity contribution in [3.05, 3.63) is 48.0 Å². The first-order chi connectivity index (χ1) is 8.34. The van der Waals surface area contributed by atoms with Crippen LogP contribution in [0.15, 0.2) is 42.3 Å². The highest BCUT2D eigenvalue weighted by Gasteiger charge is 2.18. The Morgan fingerprint density at radius 2 is 2.06 bits per heavy atom. The van der Waals surface area contributed by atoms with Gasteiger partial charge in [0.15, 0.2) is 0 Å². The quantitative estimate of drug-likeness (QED) is 0.851. The largest absolute Gasteiger partial charge is 0.496 e. The average Bonchev–Trinajstić information content (AvgIpc) is 2.91. The van der Waals surface area contributed by atoms with Gasteiger partial charge in [0, 0.05) is 6.42 Å². The summed E-state index contributed by atoms with van der Waals surface area (Å²) < 4.78 is 5.45. The number of nitrogens with zero attached hydrogens (tertiary/aromatic N) is 2. The molecule has 86 valence electrons. The molecule has 0 bridgehead atoms. The van der Waals surface area contributed by atoms with Crippen LogP contribution in [0.2, 0.25) is 0 Å². The van der Waals surface area contributed by atoms with Crippen LogP contribution in [0, 0.1) is 0 Å². The zero-order chi connectivity index (χ0) is 11.7. The van der Waals surface area contributed by atoms with E-state index in [1.807, 2.05) is 30.3 Å². The summed E-state index contributed by atoms with van der Waals surface area (Å²) in [5.41, 5.74) is 8.58. The normalized spacial score (nSPS) is 16.6. The van der Waals surface area contributed by atoms with E-state index < -0.39 is 0 Å². The molecule has 0 spiro atoms. The van der Waals surface area contributed by atoms with Crippen molar-refractivity contribution in [3.8, 4) is 0 Å². The second-order valence-corrected chi connectivity index (χ2v) is 4.00. The second kappa shape index (κ2) is 4.14. The molecule has 17 heavy (non-hydrogen) atoms. The number of ether oxygens (including phenoxy) is 1. The molecular formula is C13H13N3O. The number of para-hydroxylation sites is 2. The zero-order valence-electron chi connectivity index (χ0n) is 9.34. The minimum absolute atomic E-state index is 0.311. The van der Waals surface area contributed by atoms with Gasteiger partial charge in [0.2, 0.25) is 0 Å². The van der Waals surface area contributed by atoms with E-state index in [2.05, 4.69) is 9.97 Å². The number of hydrogen-bond acceptors (Lipinski definition) is 4. The molecular weight excluding hydrogens is 214 g/mol. The van der Waals surface area contributed by atoms with Crippen LogP contribution in [-0.4, -0.2) is 16.6 Å². The Kier molecular flexibility index (Phi) is 2.49. The van der Waals surface area contributed by atoms with Crippen LogP contribution in [-0.2, 0) is 4.74 Å². The highest BCUT2D eigenvalue weighted by molar-refractivity contribution is 5.73. The molecule has 1 aliphatic heterocycles. The first-order valence-corrected chi connectivity index (χ1v) is 5.65. The van der Waals surface area contributed by atoms with E-state index in [4.69, 9.17) is 10.5 Å². The SMILES string of the molecule is NC(C1=CCCO1)c1cnc2ccccc2n1. The third-order valence-electron chi connectivity index (χ3n) is 2.82. The van der Waals surface area contributed by atoms with Crippen molar-refractivity contribution < 1.29 is 4.74 Å². The molecule has 0 fully saturated rings. The smallest absolute Gasteiger partial charge is 0.115 e. The summed E-state index contributed by atoms with van der Waals surface area (Å²) in [6.45, 7) is 0.712. The van der Waals surface area contributed by atoms with Gasteiger partial charge in [-0.3, -0.25) is 4.98 Å². The van der Waals surface area contributed by atoms with Gasteiger partial charge in [-0.25, -0.2) is 4.98 Å². The van der Waals surface area contributed by atoms with Crippen molar-refractivity contribution in [2.45, 2.75) is 12.5 Å². The van der Waals surface area contributed by atoms with Crippen LogP contribution in [0.25, 0.3) is 11.0 Å². The van der Waals surface area contributed by atoms with Crippen LogP contribution in [0.1, 0.15) is 18.2 Å². The predicted molar refractivity (Wildman–Crippen MR) is 65.1 cm³/mol. The molecule has 2 heterocycles.